The molecule has 24 heavy (non-hydrogen) atoms. The maximum atomic E-state index is 12.3. The van der Waals surface area contributed by atoms with Crippen molar-refractivity contribution >= 4 is 33.2 Å². The monoisotopic (exact) mass is 378 g/mol. The van der Waals surface area contributed by atoms with Crippen molar-refractivity contribution in [2.24, 2.45) is 0 Å². The van der Waals surface area contributed by atoms with Crippen molar-refractivity contribution < 1.29 is 27.9 Å². The number of carboxylic acid groups (broad SMARTS) is 1. The third-order valence-electron chi connectivity index (χ3n) is 2.79. The standard InChI is InChI=1S/C14H22N2O6S2/c1-9(13(18)19)15-12(17)10(8-22-14(2,3)4)16-24(20,21)11-6-5-7-23-11/h5-7,9-10,16H,8H2,1-4H3,(H,15,17)(H,18,19)/t9-,10+/m0/s1. The van der Waals surface area contributed by atoms with Crippen molar-refractivity contribution in [3.8, 4) is 0 Å². The van der Waals surface area contributed by atoms with E-state index in [9.17, 15) is 18.0 Å². The molecule has 2 atom stereocenters. The third-order valence-corrected chi connectivity index (χ3v) is 5.66. The highest BCUT2D eigenvalue weighted by Crippen LogP contribution is 2.16. The van der Waals surface area contributed by atoms with Gasteiger partial charge in [0.05, 0.1) is 12.2 Å². The van der Waals surface area contributed by atoms with E-state index in [0.717, 1.165) is 11.3 Å². The van der Waals surface area contributed by atoms with E-state index < -0.39 is 39.6 Å². The summed E-state index contributed by atoms with van der Waals surface area (Å²) in [5, 5.41) is 12.7. The Labute approximate surface area is 145 Å². The summed E-state index contributed by atoms with van der Waals surface area (Å²) in [6, 6.07) is 0.581. The fourth-order valence-corrected chi connectivity index (χ4v) is 3.72. The van der Waals surface area contributed by atoms with Gasteiger partial charge < -0.3 is 15.2 Å². The molecular weight excluding hydrogens is 356 g/mol. The number of carbonyl (C=O) groups is 2. The Morgan fingerprint density at radius 3 is 2.46 bits per heavy atom. The SMILES string of the molecule is C[C@H](NC(=O)[C@@H](COC(C)(C)C)NS(=O)(=O)c1cccs1)C(=O)O. The molecule has 0 aromatic carbocycles. The van der Waals surface area contributed by atoms with Gasteiger partial charge >= 0.3 is 5.97 Å². The molecule has 0 radical (unpaired) electrons. The number of thiophene rings is 1. The highest BCUT2D eigenvalue weighted by molar-refractivity contribution is 7.91. The number of hydrogen-bond acceptors (Lipinski definition) is 6. The first-order valence-electron chi connectivity index (χ1n) is 7.15. The molecule has 0 fully saturated rings. The zero-order valence-corrected chi connectivity index (χ0v) is 15.5. The second kappa shape index (κ2) is 8.06. The fraction of sp³-hybridized carbons (Fsp3) is 0.571. The van der Waals surface area contributed by atoms with Gasteiger partial charge in [-0.3, -0.25) is 9.59 Å². The number of nitrogens with one attached hydrogen (secondary N) is 2. The van der Waals surface area contributed by atoms with Crippen LogP contribution in [0.4, 0.5) is 0 Å². The maximum Gasteiger partial charge on any atom is 0.325 e. The summed E-state index contributed by atoms with van der Waals surface area (Å²) in [5.74, 6) is -1.99. The van der Waals surface area contributed by atoms with Crippen molar-refractivity contribution in [1.29, 1.82) is 0 Å². The second-order valence-electron chi connectivity index (χ2n) is 6.10. The molecule has 1 aromatic rings. The molecule has 10 heteroatoms. The summed E-state index contributed by atoms with van der Waals surface area (Å²) >= 11 is 1.01. The number of amides is 1. The molecule has 0 unspecified atom stereocenters. The van der Waals surface area contributed by atoms with Crippen LogP contribution in [0.2, 0.25) is 0 Å². The lowest BCUT2D eigenvalue weighted by Gasteiger charge is -2.25. The number of rotatable bonds is 8. The van der Waals surface area contributed by atoms with Gasteiger partial charge in [0.1, 0.15) is 16.3 Å². The van der Waals surface area contributed by atoms with Crippen LogP contribution in [-0.4, -0.2) is 49.7 Å². The van der Waals surface area contributed by atoms with Gasteiger partial charge in [0.2, 0.25) is 5.91 Å². The minimum atomic E-state index is -3.90. The van der Waals surface area contributed by atoms with Gasteiger partial charge in [-0.1, -0.05) is 6.07 Å². The molecule has 3 N–H and O–H groups in total. The van der Waals surface area contributed by atoms with Crippen LogP contribution in [0.3, 0.4) is 0 Å². The van der Waals surface area contributed by atoms with E-state index in [2.05, 4.69) is 10.0 Å². The van der Waals surface area contributed by atoms with Crippen LogP contribution in [0.25, 0.3) is 0 Å². The molecule has 1 aromatic heterocycles. The summed E-state index contributed by atoms with van der Waals surface area (Å²) in [5.41, 5.74) is -0.592. The Bertz CT molecular complexity index is 664. The summed E-state index contributed by atoms with van der Waals surface area (Å²) in [7, 11) is -3.90. The van der Waals surface area contributed by atoms with Gasteiger partial charge in [-0.25, -0.2) is 8.42 Å². The number of carbonyl (C=O) groups excluding carboxylic acids is 1. The van der Waals surface area contributed by atoms with Crippen molar-refractivity contribution in [2.45, 2.75) is 49.6 Å². The Morgan fingerprint density at radius 2 is 2.00 bits per heavy atom. The van der Waals surface area contributed by atoms with E-state index in [4.69, 9.17) is 9.84 Å². The van der Waals surface area contributed by atoms with Gasteiger partial charge in [0.25, 0.3) is 10.0 Å². The number of carboxylic acids is 1. The first kappa shape index (κ1) is 20.6. The van der Waals surface area contributed by atoms with Crippen molar-refractivity contribution in [2.75, 3.05) is 6.61 Å². The predicted octanol–water partition coefficient (Wildman–Crippen LogP) is 0.799. The Hall–Kier alpha value is -1.49. The molecule has 0 aliphatic rings. The average molecular weight is 378 g/mol. The number of aliphatic carboxylic acids is 1. The van der Waals surface area contributed by atoms with Crippen molar-refractivity contribution in [3.05, 3.63) is 17.5 Å². The zero-order valence-electron chi connectivity index (χ0n) is 13.9. The molecule has 0 saturated heterocycles. The lowest BCUT2D eigenvalue weighted by atomic mass is 10.2. The molecule has 1 amide bonds. The van der Waals surface area contributed by atoms with Crippen LogP contribution in [0, 0.1) is 0 Å². The fourth-order valence-electron chi connectivity index (χ4n) is 1.53. The quantitative estimate of drug-likeness (QED) is 0.615. The number of ether oxygens (including phenoxy) is 1. The Kier molecular flexibility index (Phi) is 6.90. The summed E-state index contributed by atoms with van der Waals surface area (Å²) in [6.07, 6.45) is 0. The van der Waals surface area contributed by atoms with E-state index >= 15 is 0 Å². The third kappa shape index (κ3) is 6.56. The minimum Gasteiger partial charge on any atom is -0.480 e. The lowest BCUT2D eigenvalue weighted by molar-refractivity contribution is -0.142. The van der Waals surface area contributed by atoms with Gasteiger partial charge in [-0.2, -0.15) is 4.72 Å². The van der Waals surface area contributed by atoms with Crippen molar-refractivity contribution in [3.63, 3.8) is 0 Å². The normalized spacial score (nSPS) is 14.8. The molecule has 8 nitrogen and oxygen atoms in total. The van der Waals surface area contributed by atoms with Crippen LogP contribution in [-0.2, 0) is 24.3 Å². The molecule has 1 heterocycles. The van der Waals surface area contributed by atoms with Gasteiger partial charge in [0, 0.05) is 0 Å². The largest absolute Gasteiger partial charge is 0.480 e. The van der Waals surface area contributed by atoms with E-state index in [-0.39, 0.29) is 10.8 Å². The highest BCUT2D eigenvalue weighted by Gasteiger charge is 2.29. The molecule has 0 saturated carbocycles. The molecule has 1 rings (SSSR count). The molecule has 0 aliphatic carbocycles. The first-order chi connectivity index (χ1) is 10.9. The molecule has 0 spiro atoms. The minimum absolute atomic E-state index is 0.0577. The summed E-state index contributed by atoms with van der Waals surface area (Å²) in [4.78, 5) is 23.1. The van der Waals surface area contributed by atoms with Crippen LogP contribution < -0.4 is 10.0 Å². The summed E-state index contributed by atoms with van der Waals surface area (Å²) in [6.45, 7) is 6.34. The molecule has 136 valence electrons. The Balaban J connectivity index is 2.92. The number of hydrogen-bond donors (Lipinski definition) is 3. The van der Waals surface area contributed by atoms with Crippen LogP contribution in [0.1, 0.15) is 27.7 Å². The van der Waals surface area contributed by atoms with Crippen LogP contribution in [0.15, 0.2) is 21.7 Å². The summed E-state index contributed by atoms with van der Waals surface area (Å²) < 4.78 is 32.4. The van der Waals surface area contributed by atoms with Gasteiger partial charge in [-0.05, 0) is 39.1 Å². The Morgan fingerprint density at radius 1 is 1.38 bits per heavy atom. The molecule has 0 aliphatic heterocycles. The molecular formula is C14H22N2O6S2. The van der Waals surface area contributed by atoms with E-state index in [0.29, 0.717) is 0 Å². The second-order valence-corrected chi connectivity index (χ2v) is 8.99. The zero-order chi connectivity index (χ0) is 18.5. The van der Waals surface area contributed by atoms with Gasteiger partial charge in [-0.15, -0.1) is 11.3 Å². The first-order valence-corrected chi connectivity index (χ1v) is 9.51. The maximum absolute atomic E-state index is 12.3. The van der Waals surface area contributed by atoms with Crippen molar-refractivity contribution in [1.82, 2.24) is 10.0 Å². The average Bonchev–Trinajstić information content (AvgIpc) is 2.97. The van der Waals surface area contributed by atoms with Gasteiger partial charge in [0.15, 0.2) is 0 Å². The van der Waals surface area contributed by atoms with Crippen LogP contribution in [0.5, 0.6) is 0 Å². The topological polar surface area (TPSA) is 122 Å². The smallest absolute Gasteiger partial charge is 0.325 e. The molecule has 0 bridgehead atoms. The number of sulfonamides is 1. The van der Waals surface area contributed by atoms with Crippen LogP contribution >= 0.6 is 11.3 Å². The highest BCUT2D eigenvalue weighted by atomic mass is 32.2. The van der Waals surface area contributed by atoms with E-state index in [1.165, 1.54) is 13.0 Å². The van der Waals surface area contributed by atoms with E-state index in [1.54, 1.807) is 32.2 Å². The lowest BCUT2D eigenvalue weighted by Crippen LogP contribution is -2.53. The van der Waals surface area contributed by atoms with E-state index in [1.807, 2.05) is 0 Å². The predicted molar refractivity (Wildman–Crippen MR) is 89.4 cm³/mol.